The smallest absolute Gasteiger partial charge is 0.306 e. The second kappa shape index (κ2) is 4.24. The van der Waals surface area contributed by atoms with Crippen LogP contribution in [0.3, 0.4) is 0 Å². The van der Waals surface area contributed by atoms with Gasteiger partial charge in [-0.15, -0.1) is 0 Å². The van der Waals surface area contributed by atoms with E-state index in [-0.39, 0.29) is 6.04 Å². The second-order valence-corrected chi connectivity index (χ2v) is 4.80. The van der Waals surface area contributed by atoms with Crippen molar-refractivity contribution < 1.29 is 9.90 Å². The van der Waals surface area contributed by atoms with E-state index in [0.717, 1.165) is 11.1 Å². The Morgan fingerprint density at radius 1 is 1.44 bits per heavy atom. The van der Waals surface area contributed by atoms with Crippen molar-refractivity contribution in [1.29, 1.82) is 0 Å². The SMILES string of the molecule is N[C@H]1C[C@@H](C(=O)O)Cc2c1ccc(Cl)c2Cl. The van der Waals surface area contributed by atoms with Gasteiger partial charge in [0.25, 0.3) is 0 Å². The summed E-state index contributed by atoms with van der Waals surface area (Å²) in [5.41, 5.74) is 7.62. The predicted molar refractivity (Wildman–Crippen MR) is 62.8 cm³/mol. The van der Waals surface area contributed by atoms with Crippen LogP contribution in [0, 0.1) is 5.92 Å². The maximum Gasteiger partial charge on any atom is 0.306 e. The number of hydrogen-bond acceptors (Lipinski definition) is 2. The first-order valence-electron chi connectivity index (χ1n) is 4.96. The van der Waals surface area contributed by atoms with E-state index >= 15 is 0 Å². The van der Waals surface area contributed by atoms with Gasteiger partial charge in [0.05, 0.1) is 16.0 Å². The predicted octanol–water partition coefficient (Wildman–Crippen LogP) is 2.64. The normalized spacial score (nSPS) is 23.9. The Balaban J connectivity index is 2.47. The second-order valence-electron chi connectivity index (χ2n) is 4.01. The Bertz CT molecular complexity index is 448. The summed E-state index contributed by atoms with van der Waals surface area (Å²) >= 11 is 12.0. The maximum absolute atomic E-state index is 11.0. The third kappa shape index (κ3) is 1.90. The number of halogens is 2. The molecule has 1 aliphatic rings. The molecule has 3 nitrogen and oxygen atoms in total. The van der Waals surface area contributed by atoms with Gasteiger partial charge in [0, 0.05) is 6.04 Å². The molecular formula is C11H11Cl2NO2. The lowest BCUT2D eigenvalue weighted by molar-refractivity contribution is -0.142. The zero-order valence-electron chi connectivity index (χ0n) is 8.41. The number of nitrogens with two attached hydrogens (primary N) is 1. The van der Waals surface area contributed by atoms with Crippen molar-refractivity contribution in [3.63, 3.8) is 0 Å². The third-order valence-corrected chi connectivity index (χ3v) is 3.81. The minimum Gasteiger partial charge on any atom is -0.481 e. The summed E-state index contributed by atoms with van der Waals surface area (Å²) < 4.78 is 0. The fraction of sp³-hybridized carbons (Fsp3) is 0.364. The van der Waals surface area contributed by atoms with Crippen LogP contribution in [0.1, 0.15) is 23.6 Å². The largest absolute Gasteiger partial charge is 0.481 e. The van der Waals surface area contributed by atoms with Crippen molar-refractivity contribution in [3.05, 3.63) is 33.3 Å². The average Bonchev–Trinajstić information content (AvgIpc) is 2.23. The first kappa shape index (κ1) is 11.7. The molecule has 0 saturated heterocycles. The number of fused-ring (bicyclic) bond motifs is 1. The van der Waals surface area contributed by atoms with Crippen LogP contribution in [0.25, 0.3) is 0 Å². The summed E-state index contributed by atoms with van der Waals surface area (Å²) in [5, 5.41) is 9.88. The van der Waals surface area contributed by atoms with Crippen LogP contribution in [-0.4, -0.2) is 11.1 Å². The maximum atomic E-state index is 11.0. The van der Waals surface area contributed by atoms with E-state index < -0.39 is 11.9 Å². The molecule has 0 radical (unpaired) electrons. The topological polar surface area (TPSA) is 63.3 Å². The summed E-state index contributed by atoms with van der Waals surface area (Å²) in [6, 6.07) is 3.25. The van der Waals surface area contributed by atoms with Gasteiger partial charge in [0.2, 0.25) is 0 Å². The van der Waals surface area contributed by atoms with Crippen LogP contribution in [0.5, 0.6) is 0 Å². The number of carbonyl (C=O) groups is 1. The number of rotatable bonds is 1. The third-order valence-electron chi connectivity index (χ3n) is 2.97. The van der Waals surface area contributed by atoms with Crippen molar-refractivity contribution in [3.8, 4) is 0 Å². The Kier molecular flexibility index (Phi) is 3.10. The van der Waals surface area contributed by atoms with Gasteiger partial charge in [-0.3, -0.25) is 4.79 Å². The molecule has 0 aromatic heterocycles. The van der Waals surface area contributed by atoms with E-state index in [4.69, 9.17) is 34.0 Å². The molecule has 16 heavy (non-hydrogen) atoms. The molecule has 1 aliphatic carbocycles. The molecule has 0 fully saturated rings. The first-order chi connectivity index (χ1) is 7.50. The molecule has 86 valence electrons. The Morgan fingerprint density at radius 3 is 2.75 bits per heavy atom. The number of hydrogen-bond donors (Lipinski definition) is 2. The van der Waals surface area contributed by atoms with Gasteiger partial charge in [0.1, 0.15) is 0 Å². The van der Waals surface area contributed by atoms with Crippen LogP contribution in [0.15, 0.2) is 12.1 Å². The van der Waals surface area contributed by atoms with Crippen LogP contribution in [0.4, 0.5) is 0 Å². The molecule has 0 saturated carbocycles. The molecular weight excluding hydrogens is 249 g/mol. The van der Waals surface area contributed by atoms with Crippen LogP contribution in [-0.2, 0) is 11.2 Å². The van der Waals surface area contributed by atoms with Crippen LogP contribution < -0.4 is 5.73 Å². The highest BCUT2D eigenvalue weighted by molar-refractivity contribution is 6.42. The quantitative estimate of drug-likeness (QED) is 0.815. The summed E-state index contributed by atoms with van der Waals surface area (Å²) in [6.07, 6.45) is 0.845. The zero-order valence-corrected chi connectivity index (χ0v) is 9.92. The van der Waals surface area contributed by atoms with E-state index in [2.05, 4.69) is 0 Å². The minimum atomic E-state index is -0.836. The minimum absolute atomic E-state index is 0.278. The van der Waals surface area contributed by atoms with E-state index in [9.17, 15) is 4.79 Å². The molecule has 0 amide bonds. The molecule has 2 rings (SSSR count). The van der Waals surface area contributed by atoms with Gasteiger partial charge in [-0.25, -0.2) is 0 Å². The van der Waals surface area contributed by atoms with E-state index in [1.165, 1.54) is 0 Å². The Labute approximate surface area is 103 Å². The number of carboxylic acid groups (broad SMARTS) is 1. The summed E-state index contributed by atoms with van der Waals surface area (Å²) in [7, 11) is 0. The monoisotopic (exact) mass is 259 g/mol. The van der Waals surface area contributed by atoms with Gasteiger partial charge >= 0.3 is 5.97 Å². The van der Waals surface area contributed by atoms with Crippen molar-refractivity contribution in [1.82, 2.24) is 0 Å². The van der Waals surface area contributed by atoms with Gasteiger partial charge in [-0.2, -0.15) is 0 Å². The Hall–Kier alpha value is -0.770. The number of benzene rings is 1. The highest BCUT2D eigenvalue weighted by atomic mass is 35.5. The molecule has 1 aromatic carbocycles. The lowest BCUT2D eigenvalue weighted by atomic mass is 9.81. The molecule has 3 N–H and O–H groups in total. The van der Waals surface area contributed by atoms with Gasteiger partial charge in [-0.1, -0.05) is 29.3 Å². The van der Waals surface area contributed by atoms with Gasteiger partial charge in [0.15, 0.2) is 0 Å². The summed E-state index contributed by atoms with van der Waals surface area (Å²) in [5.74, 6) is -1.31. The van der Waals surface area contributed by atoms with E-state index in [0.29, 0.717) is 22.9 Å². The highest BCUT2D eigenvalue weighted by Gasteiger charge is 2.30. The van der Waals surface area contributed by atoms with Gasteiger partial charge in [-0.05, 0) is 30.0 Å². The number of carboxylic acids is 1. The fourth-order valence-corrected chi connectivity index (χ4v) is 2.54. The molecule has 5 heteroatoms. The van der Waals surface area contributed by atoms with Crippen LogP contribution in [0.2, 0.25) is 10.0 Å². The first-order valence-corrected chi connectivity index (χ1v) is 5.71. The molecule has 1 aromatic rings. The summed E-state index contributed by atoms with van der Waals surface area (Å²) in [6.45, 7) is 0. The molecule has 0 bridgehead atoms. The summed E-state index contributed by atoms with van der Waals surface area (Å²) in [4.78, 5) is 11.0. The molecule has 0 unspecified atom stereocenters. The highest BCUT2D eigenvalue weighted by Crippen LogP contribution is 2.38. The van der Waals surface area contributed by atoms with E-state index in [1.807, 2.05) is 6.07 Å². The van der Waals surface area contributed by atoms with Gasteiger partial charge < -0.3 is 10.8 Å². The van der Waals surface area contributed by atoms with E-state index in [1.54, 1.807) is 6.07 Å². The molecule has 0 spiro atoms. The standard InChI is InChI=1S/C11H11Cl2NO2/c12-8-2-1-6-7(10(8)13)3-5(11(15)16)4-9(6)14/h1-2,5,9H,3-4,14H2,(H,15,16)/t5-,9-/m0/s1. The molecule has 0 heterocycles. The molecule has 2 atom stereocenters. The number of aliphatic carboxylic acids is 1. The van der Waals surface area contributed by atoms with Crippen molar-refractivity contribution >= 4 is 29.2 Å². The Morgan fingerprint density at radius 2 is 2.12 bits per heavy atom. The zero-order chi connectivity index (χ0) is 11.9. The van der Waals surface area contributed by atoms with Crippen molar-refractivity contribution in [2.45, 2.75) is 18.9 Å². The van der Waals surface area contributed by atoms with Crippen molar-refractivity contribution in [2.75, 3.05) is 0 Å². The molecule has 0 aliphatic heterocycles. The van der Waals surface area contributed by atoms with Crippen molar-refractivity contribution in [2.24, 2.45) is 11.7 Å². The average molecular weight is 260 g/mol. The lowest BCUT2D eigenvalue weighted by Crippen LogP contribution is -2.29. The van der Waals surface area contributed by atoms with Crippen LogP contribution >= 0.6 is 23.2 Å². The fourth-order valence-electron chi connectivity index (χ4n) is 2.11. The lowest BCUT2D eigenvalue weighted by Gasteiger charge is -2.28.